The number of alkyl halides is 2. The number of hydrogen-bond donors (Lipinski definition) is 4. The molecule has 0 aliphatic carbocycles. The fraction of sp³-hybridized carbons (Fsp3) is 0.500. The van der Waals surface area contributed by atoms with Gasteiger partial charge in [0.2, 0.25) is 0 Å². The maximum Gasteiger partial charge on any atom is 0.274 e. The number of aromatic nitrogens is 2. The second-order valence-corrected chi connectivity index (χ2v) is 3.22. The van der Waals surface area contributed by atoms with E-state index in [1.807, 2.05) is 0 Å². The van der Waals surface area contributed by atoms with Crippen LogP contribution >= 0.6 is 0 Å². The number of hydrogen-bond acceptors (Lipinski definition) is 4. The zero-order valence-electron chi connectivity index (χ0n) is 8.50. The zero-order valence-corrected chi connectivity index (χ0v) is 8.50. The smallest absolute Gasteiger partial charge is 0.274 e. The van der Waals surface area contributed by atoms with Crippen LogP contribution in [0, 0.1) is 6.92 Å². The highest BCUT2D eigenvalue weighted by molar-refractivity contribution is 5.97. The van der Waals surface area contributed by atoms with Gasteiger partial charge in [0.25, 0.3) is 12.3 Å². The van der Waals surface area contributed by atoms with Crippen molar-refractivity contribution in [2.24, 2.45) is 0 Å². The Labute approximate surface area is 89.8 Å². The number of nitrogens with two attached hydrogens (primary N) is 1. The average Bonchev–Trinajstić information content (AvgIpc) is 2.55. The standard InChI is InChI=1S/C8H12F2N4O2/c1-3-5(11)6(14-13-3)8(16)12-2-4(15)7(9)10/h4,7,15H,2,11H2,1H3,(H,12,16)(H,13,14). The summed E-state index contributed by atoms with van der Waals surface area (Å²) in [6, 6.07) is 0. The Morgan fingerprint density at radius 3 is 2.75 bits per heavy atom. The van der Waals surface area contributed by atoms with Gasteiger partial charge in [0.05, 0.1) is 11.4 Å². The van der Waals surface area contributed by atoms with Gasteiger partial charge >= 0.3 is 0 Å². The lowest BCUT2D eigenvalue weighted by molar-refractivity contribution is -0.00272. The molecular formula is C8H12F2N4O2. The van der Waals surface area contributed by atoms with E-state index in [1.165, 1.54) is 0 Å². The fourth-order valence-corrected chi connectivity index (χ4v) is 0.981. The molecule has 5 N–H and O–H groups in total. The Morgan fingerprint density at radius 2 is 2.31 bits per heavy atom. The summed E-state index contributed by atoms with van der Waals surface area (Å²) in [5.41, 5.74) is 6.10. The second kappa shape index (κ2) is 4.88. The molecule has 0 saturated heterocycles. The number of carbonyl (C=O) groups excluding carboxylic acids is 1. The summed E-state index contributed by atoms with van der Waals surface area (Å²) in [7, 11) is 0. The summed E-state index contributed by atoms with van der Waals surface area (Å²) in [4.78, 5) is 11.4. The summed E-state index contributed by atoms with van der Waals surface area (Å²) in [6.07, 6.45) is -4.80. The van der Waals surface area contributed by atoms with Crippen molar-refractivity contribution in [3.05, 3.63) is 11.4 Å². The van der Waals surface area contributed by atoms with Crippen LogP contribution in [0.2, 0.25) is 0 Å². The summed E-state index contributed by atoms with van der Waals surface area (Å²) < 4.78 is 23.8. The van der Waals surface area contributed by atoms with E-state index in [2.05, 4.69) is 15.5 Å². The van der Waals surface area contributed by atoms with E-state index in [9.17, 15) is 13.6 Å². The van der Waals surface area contributed by atoms with Gasteiger partial charge in [-0.25, -0.2) is 8.78 Å². The van der Waals surface area contributed by atoms with E-state index in [0.717, 1.165) is 0 Å². The number of rotatable bonds is 4. The van der Waals surface area contributed by atoms with Gasteiger partial charge in [-0.1, -0.05) is 0 Å². The largest absolute Gasteiger partial charge is 0.395 e. The van der Waals surface area contributed by atoms with Crippen LogP contribution in [0.25, 0.3) is 0 Å². The number of nitrogen functional groups attached to an aromatic ring is 1. The highest BCUT2D eigenvalue weighted by Crippen LogP contribution is 2.11. The highest BCUT2D eigenvalue weighted by atomic mass is 19.3. The first-order valence-corrected chi connectivity index (χ1v) is 4.48. The summed E-state index contributed by atoms with van der Waals surface area (Å²) >= 11 is 0. The number of nitrogens with one attached hydrogen (secondary N) is 2. The Morgan fingerprint density at radius 1 is 1.69 bits per heavy atom. The van der Waals surface area contributed by atoms with Crippen LogP contribution in [-0.4, -0.2) is 40.3 Å². The number of nitrogens with zero attached hydrogens (tertiary/aromatic N) is 1. The van der Waals surface area contributed by atoms with E-state index >= 15 is 0 Å². The molecule has 0 spiro atoms. The van der Waals surface area contributed by atoms with E-state index < -0.39 is 25.0 Å². The predicted octanol–water partition coefficient (Wildman–Crippen LogP) is -0.344. The molecule has 1 aromatic rings. The number of halogens is 2. The van der Waals surface area contributed by atoms with Gasteiger partial charge in [-0.05, 0) is 6.92 Å². The third kappa shape index (κ3) is 2.66. The first-order valence-electron chi connectivity index (χ1n) is 4.48. The van der Waals surface area contributed by atoms with Crippen LogP contribution in [0.1, 0.15) is 16.2 Å². The van der Waals surface area contributed by atoms with Crippen molar-refractivity contribution in [2.45, 2.75) is 19.5 Å². The van der Waals surface area contributed by atoms with Crippen molar-refractivity contribution in [3.8, 4) is 0 Å². The molecule has 8 heteroatoms. The number of aliphatic hydroxyl groups is 1. The third-order valence-corrected chi connectivity index (χ3v) is 1.97. The second-order valence-electron chi connectivity index (χ2n) is 3.22. The molecular weight excluding hydrogens is 222 g/mol. The van der Waals surface area contributed by atoms with Crippen LogP contribution < -0.4 is 11.1 Å². The quantitative estimate of drug-likeness (QED) is 0.572. The molecule has 1 amide bonds. The van der Waals surface area contributed by atoms with Gasteiger partial charge in [-0.2, -0.15) is 5.10 Å². The lowest BCUT2D eigenvalue weighted by Crippen LogP contribution is -2.36. The summed E-state index contributed by atoms with van der Waals surface area (Å²) in [5, 5.41) is 17.0. The molecule has 1 aromatic heterocycles. The van der Waals surface area contributed by atoms with Crippen LogP contribution in [0.5, 0.6) is 0 Å². The molecule has 0 fully saturated rings. The number of carbonyl (C=O) groups is 1. The zero-order chi connectivity index (χ0) is 12.3. The Hall–Kier alpha value is -1.70. The van der Waals surface area contributed by atoms with E-state index in [0.29, 0.717) is 5.69 Å². The SMILES string of the molecule is Cc1[nH]nc(C(=O)NCC(O)C(F)F)c1N. The fourth-order valence-electron chi connectivity index (χ4n) is 0.981. The van der Waals surface area contributed by atoms with Gasteiger partial charge in [0.1, 0.15) is 6.10 Å². The van der Waals surface area contributed by atoms with Crippen molar-refractivity contribution in [1.29, 1.82) is 0 Å². The Kier molecular flexibility index (Phi) is 3.78. The number of H-pyrrole nitrogens is 1. The lowest BCUT2D eigenvalue weighted by Gasteiger charge is -2.09. The number of aryl methyl sites for hydroxylation is 1. The molecule has 1 heterocycles. The molecule has 6 nitrogen and oxygen atoms in total. The summed E-state index contributed by atoms with van der Waals surface area (Å²) in [6.45, 7) is 1.06. The average molecular weight is 234 g/mol. The molecule has 0 aliphatic rings. The molecule has 16 heavy (non-hydrogen) atoms. The van der Waals surface area contributed by atoms with Gasteiger partial charge in [0.15, 0.2) is 5.69 Å². The topological polar surface area (TPSA) is 104 Å². The van der Waals surface area contributed by atoms with Crippen molar-refractivity contribution in [2.75, 3.05) is 12.3 Å². The van der Waals surface area contributed by atoms with Crippen LogP contribution in [-0.2, 0) is 0 Å². The molecule has 1 unspecified atom stereocenters. The minimum atomic E-state index is -2.90. The molecule has 0 saturated carbocycles. The first-order chi connectivity index (χ1) is 7.43. The van der Waals surface area contributed by atoms with Gasteiger partial charge in [-0.3, -0.25) is 9.89 Å². The van der Waals surface area contributed by atoms with E-state index in [1.54, 1.807) is 6.92 Å². The molecule has 0 bridgehead atoms. The monoisotopic (exact) mass is 234 g/mol. The number of anilines is 1. The van der Waals surface area contributed by atoms with Gasteiger partial charge in [0, 0.05) is 6.54 Å². The normalized spacial score (nSPS) is 12.8. The van der Waals surface area contributed by atoms with Crippen molar-refractivity contribution in [3.63, 3.8) is 0 Å². The lowest BCUT2D eigenvalue weighted by atomic mass is 10.3. The van der Waals surface area contributed by atoms with Crippen molar-refractivity contribution >= 4 is 11.6 Å². The molecule has 90 valence electrons. The maximum absolute atomic E-state index is 11.9. The maximum atomic E-state index is 11.9. The molecule has 1 rings (SSSR count). The van der Waals surface area contributed by atoms with Crippen molar-refractivity contribution < 1.29 is 18.7 Å². The van der Waals surface area contributed by atoms with Crippen LogP contribution in [0.15, 0.2) is 0 Å². The van der Waals surface area contributed by atoms with Crippen LogP contribution in [0.4, 0.5) is 14.5 Å². The predicted molar refractivity (Wildman–Crippen MR) is 52.1 cm³/mol. The molecule has 0 radical (unpaired) electrons. The molecule has 0 aliphatic heterocycles. The van der Waals surface area contributed by atoms with Gasteiger partial charge < -0.3 is 16.2 Å². The van der Waals surface area contributed by atoms with E-state index in [4.69, 9.17) is 10.8 Å². The minimum absolute atomic E-state index is 0.0704. The molecule has 1 atom stereocenters. The van der Waals surface area contributed by atoms with E-state index in [-0.39, 0.29) is 11.4 Å². The Bertz CT molecular complexity index is 380. The Balaban J connectivity index is 2.57. The molecule has 0 aromatic carbocycles. The third-order valence-electron chi connectivity index (χ3n) is 1.97. The minimum Gasteiger partial charge on any atom is -0.395 e. The number of aliphatic hydroxyl groups excluding tert-OH is 1. The van der Waals surface area contributed by atoms with Crippen LogP contribution in [0.3, 0.4) is 0 Å². The number of aromatic amines is 1. The van der Waals surface area contributed by atoms with Gasteiger partial charge in [-0.15, -0.1) is 0 Å². The summed E-state index contributed by atoms with van der Waals surface area (Å²) in [5.74, 6) is -0.707. The first kappa shape index (κ1) is 12.4. The van der Waals surface area contributed by atoms with Crippen molar-refractivity contribution in [1.82, 2.24) is 15.5 Å². The highest BCUT2D eigenvalue weighted by Gasteiger charge is 2.20. The number of amides is 1.